The van der Waals surface area contributed by atoms with E-state index in [4.69, 9.17) is 14.2 Å². The largest absolute Gasteiger partial charge is 0.497 e. The SMILES string of the molecule is COc1ccc2[nH]c(=O)c(CCC(=O)NCc3cccc(OC)c3OC)cc2c1. The number of ether oxygens (including phenoxy) is 3. The number of hydrogen-bond acceptors (Lipinski definition) is 5. The number of amides is 1. The van der Waals surface area contributed by atoms with Crippen molar-refractivity contribution in [1.29, 1.82) is 0 Å². The molecule has 0 aliphatic carbocycles. The first-order chi connectivity index (χ1) is 14.0. The average molecular weight is 396 g/mol. The van der Waals surface area contributed by atoms with Crippen LogP contribution in [0.25, 0.3) is 10.9 Å². The summed E-state index contributed by atoms with van der Waals surface area (Å²) < 4.78 is 15.9. The molecular formula is C22H24N2O5. The van der Waals surface area contributed by atoms with Gasteiger partial charge in [0.1, 0.15) is 5.75 Å². The molecule has 29 heavy (non-hydrogen) atoms. The second-order valence-corrected chi connectivity index (χ2v) is 6.51. The summed E-state index contributed by atoms with van der Waals surface area (Å²) >= 11 is 0. The molecule has 0 aliphatic rings. The van der Waals surface area contributed by atoms with Gasteiger partial charge in [0.05, 0.1) is 21.3 Å². The summed E-state index contributed by atoms with van der Waals surface area (Å²) in [4.78, 5) is 27.4. The van der Waals surface area contributed by atoms with Crippen LogP contribution in [0.15, 0.2) is 47.3 Å². The molecule has 0 fully saturated rings. The number of para-hydroxylation sites is 1. The van der Waals surface area contributed by atoms with E-state index in [-0.39, 0.29) is 17.9 Å². The van der Waals surface area contributed by atoms with Gasteiger partial charge in [-0.1, -0.05) is 12.1 Å². The van der Waals surface area contributed by atoms with E-state index in [1.807, 2.05) is 18.2 Å². The summed E-state index contributed by atoms with van der Waals surface area (Å²) in [5.41, 5.74) is 1.91. The molecule has 3 rings (SSSR count). The van der Waals surface area contributed by atoms with Crippen molar-refractivity contribution in [2.24, 2.45) is 0 Å². The van der Waals surface area contributed by atoms with Gasteiger partial charge in [0, 0.05) is 35.0 Å². The molecule has 0 aliphatic heterocycles. The normalized spacial score (nSPS) is 10.6. The number of carbonyl (C=O) groups is 1. The van der Waals surface area contributed by atoms with Crippen LogP contribution in [0.4, 0.5) is 0 Å². The van der Waals surface area contributed by atoms with Crippen molar-refractivity contribution in [3.8, 4) is 17.2 Å². The summed E-state index contributed by atoms with van der Waals surface area (Å²) in [5, 5.41) is 3.72. The zero-order valence-corrected chi connectivity index (χ0v) is 16.7. The Balaban J connectivity index is 1.65. The molecule has 1 amide bonds. The van der Waals surface area contributed by atoms with Crippen LogP contribution in [0.2, 0.25) is 0 Å². The number of methoxy groups -OCH3 is 3. The molecule has 7 heteroatoms. The highest BCUT2D eigenvalue weighted by Crippen LogP contribution is 2.30. The quantitative estimate of drug-likeness (QED) is 0.611. The molecular weight excluding hydrogens is 372 g/mol. The molecule has 7 nitrogen and oxygen atoms in total. The number of rotatable bonds is 8. The van der Waals surface area contributed by atoms with Gasteiger partial charge in [0.15, 0.2) is 11.5 Å². The Bertz CT molecular complexity index is 1070. The number of H-pyrrole nitrogens is 1. The zero-order chi connectivity index (χ0) is 20.8. The van der Waals surface area contributed by atoms with Gasteiger partial charge in [-0.3, -0.25) is 9.59 Å². The molecule has 1 heterocycles. The molecule has 0 spiro atoms. The number of hydrogen-bond donors (Lipinski definition) is 2. The summed E-state index contributed by atoms with van der Waals surface area (Å²) in [7, 11) is 4.72. The molecule has 0 bridgehead atoms. The summed E-state index contributed by atoms with van der Waals surface area (Å²) in [6, 6.07) is 12.7. The second-order valence-electron chi connectivity index (χ2n) is 6.51. The molecule has 2 aromatic carbocycles. The van der Waals surface area contributed by atoms with Gasteiger partial charge < -0.3 is 24.5 Å². The minimum absolute atomic E-state index is 0.153. The lowest BCUT2D eigenvalue weighted by atomic mass is 10.1. The van der Waals surface area contributed by atoms with E-state index >= 15 is 0 Å². The Labute approximate surface area is 168 Å². The summed E-state index contributed by atoms with van der Waals surface area (Å²) in [6.07, 6.45) is 0.536. The minimum atomic E-state index is -0.190. The summed E-state index contributed by atoms with van der Waals surface area (Å²) in [6.45, 7) is 0.310. The van der Waals surface area contributed by atoms with Crippen molar-refractivity contribution in [2.45, 2.75) is 19.4 Å². The van der Waals surface area contributed by atoms with Gasteiger partial charge in [-0.25, -0.2) is 0 Å². The number of aromatic amines is 1. The van der Waals surface area contributed by atoms with E-state index in [1.165, 1.54) is 0 Å². The Morgan fingerprint density at radius 2 is 1.83 bits per heavy atom. The first kappa shape index (κ1) is 20.3. The van der Waals surface area contributed by atoms with Crippen LogP contribution in [-0.2, 0) is 17.8 Å². The molecule has 3 aromatic rings. The van der Waals surface area contributed by atoms with Crippen LogP contribution in [0.3, 0.4) is 0 Å². The second kappa shape index (κ2) is 9.14. The maximum absolute atomic E-state index is 12.3. The Kier molecular flexibility index (Phi) is 6.39. The number of benzene rings is 2. The Morgan fingerprint density at radius 1 is 1.00 bits per heavy atom. The lowest BCUT2D eigenvalue weighted by Crippen LogP contribution is -2.24. The van der Waals surface area contributed by atoms with Gasteiger partial charge in [-0.2, -0.15) is 0 Å². The maximum atomic E-state index is 12.3. The van der Waals surface area contributed by atoms with Gasteiger partial charge in [0.25, 0.3) is 5.56 Å². The third-order valence-corrected chi connectivity index (χ3v) is 4.71. The molecule has 1 aromatic heterocycles. The number of pyridine rings is 1. The summed E-state index contributed by atoms with van der Waals surface area (Å²) in [5.74, 6) is 1.76. The van der Waals surface area contributed by atoms with Gasteiger partial charge >= 0.3 is 0 Å². The first-order valence-corrected chi connectivity index (χ1v) is 9.22. The smallest absolute Gasteiger partial charge is 0.251 e. The highest BCUT2D eigenvalue weighted by Gasteiger charge is 2.11. The monoisotopic (exact) mass is 396 g/mol. The third-order valence-electron chi connectivity index (χ3n) is 4.71. The van der Waals surface area contributed by atoms with Crippen LogP contribution in [0.5, 0.6) is 17.2 Å². The fourth-order valence-electron chi connectivity index (χ4n) is 3.17. The number of carbonyl (C=O) groups excluding carboxylic acids is 1. The van der Waals surface area contributed by atoms with Crippen molar-refractivity contribution in [1.82, 2.24) is 10.3 Å². The Morgan fingerprint density at radius 3 is 2.55 bits per heavy atom. The van der Waals surface area contributed by atoms with Crippen LogP contribution in [-0.4, -0.2) is 32.2 Å². The van der Waals surface area contributed by atoms with E-state index in [1.54, 1.807) is 45.6 Å². The predicted molar refractivity (Wildman–Crippen MR) is 111 cm³/mol. The zero-order valence-electron chi connectivity index (χ0n) is 16.7. The topological polar surface area (TPSA) is 89.7 Å². The van der Waals surface area contributed by atoms with Crippen LogP contribution < -0.4 is 25.1 Å². The fraction of sp³-hybridized carbons (Fsp3) is 0.273. The van der Waals surface area contributed by atoms with E-state index in [0.29, 0.717) is 35.8 Å². The lowest BCUT2D eigenvalue weighted by Gasteiger charge is -2.13. The lowest BCUT2D eigenvalue weighted by molar-refractivity contribution is -0.121. The minimum Gasteiger partial charge on any atom is -0.497 e. The number of nitrogens with one attached hydrogen (secondary N) is 2. The standard InChI is InChI=1S/C22H24N2O5/c1-27-17-8-9-18-16(12-17)11-14(22(26)24-18)7-10-20(25)23-13-15-5-4-6-19(28-2)21(15)29-3/h4-6,8-9,11-12H,7,10,13H2,1-3H3,(H,23,25)(H,24,26). The van der Waals surface area contributed by atoms with Crippen molar-refractivity contribution < 1.29 is 19.0 Å². The van der Waals surface area contributed by atoms with Crippen molar-refractivity contribution in [3.63, 3.8) is 0 Å². The van der Waals surface area contributed by atoms with Gasteiger partial charge in [0.2, 0.25) is 5.91 Å². The van der Waals surface area contributed by atoms with Gasteiger partial charge in [-0.15, -0.1) is 0 Å². The van der Waals surface area contributed by atoms with Gasteiger partial charge in [-0.05, 0) is 36.8 Å². The van der Waals surface area contributed by atoms with Crippen molar-refractivity contribution in [3.05, 3.63) is 63.9 Å². The average Bonchev–Trinajstić information content (AvgIpc) is 2.75. The van der Waals surface area contributed by atoms with Crippen LogP contribution in [0, 0.1) is 0 Å². The fourth-order valence-corrected chi connectivity index (χ4v) is 3.17. The number of fused-ring (bicyclic) bond motifs is 1. The predicted octanol–water partition coefficient (Wildman–Crippen LogP) is 2.80. The highest BCUT2D eigenvalue weighted by molar-refractivity contribution is 5.81. The molecule has 0 radical (unpaired) electrons. The molecule has 2 N–H and O–H groups in total. The van der Waals surface area contributed by atoms with E-state index in [0.717, 1.165) is 16.5 Å². The maximum Gasteiger partial charge on any atom is 0.251 e. The van der Waals surface area contributed by atoms with E-state index in [9.17, 15) is 9.59 Å². The molecule has 0 atom stereocenters. The third kappa shape index (κ3) is 4.68. The van der Waals surface area contributed by atoms with Crippen LogP contribution in [0.1, 0.15) is 17.5 Å². The highest BCUT2D eigenvalue weighted by atomic mass is 16.5. The molecule has 0 saturated carbocycles. The number of aryl methyl sites for hydroxylation is 1. The number of aromatic nitrogens is 1. The van der Waals surface area contributed by atoms with Crippen LogP contribution >= 0.6 is 0 Å². The first-order valence-electron chi connectivity index (χ1n) is 9.22. The molecule has 0 saturated heterocycles. The van der Waals surface area contributed by atoms with Crippen molar-refractivity contribution in [2.75, 3.05) is 21.3 Å². The molecule has 152 valence electrons. The Hall–Kier alpha value is -3.48. The van der Waals surface area contributed by atoms with Crippen molar-refractivity contribution >= 4 is 16.8 Å². The van der Waals surface area contributed by atoms with E-state index < -0.39 is 0 Å². The van der Waals surface area contributed by atoms with E-state index in [2.05, 4.69) is 10.3 Å². The molecule has 0 unspecified atom stereocenters.